The standard InChI is InChI=1S/C26H40O7/c1-6-7-9-12-23(31-19(2)27)13-10-8-11-14-24(32-20(3)28)15-22-16-25(30-5)18-26(17-22)33-21(4)29/h16-18,23-24H,6-15H2,1-5H3. The van der Waals surface area contributed by atoms with Crippen molar-refractivity contribution in [3.05, 3.63) is 23.8 Å². The maximum Gasteiger partial charge on any atom is 0.308 e. The van der Waals surface area contributed by atoms with Crippen LogP contribution in [0.4, 0.5) is 0 Å². The summed E-state index contributed by atoms with van der Waals surface area (Å²) in [7, 11) is 1.55. The van der Waals surface area contributed by atoms with Crippen molar-refractivity contribution in [3.63, 3.8) is 0 Å². The molecule has 0 fully saturated rings. The predicted molar refractivity (Wildman–Crippen MR) is 126 cm³/mol. The summed E-state index contributed by atoms with van der Waals surface area (Å²) in [5, 5.41) is 0. The van der Waals surface area contributed by atoms with Crippen molar-refractivity contribution in [1.29, 1.82) is 0 Å². The lowest BCUT2D eigenvalue weighted by atomic mass is 10.00. The molecule has 0 aromatic heterocycles. The number of esters is 3. The third kappa shape index (κ3) is 13.5. The Morgan fingerprint density at radius 2 is 1.27 bits per heavy atom. The van der Waals surface area contributed by atoms with Crippen molar-refractivity contribution in [1.82, 2.24) is 0 Å². The van der Waals surface area contributed by atoms with Gasteiger partial charge in [-0.2, -0.15) is 0 Å². The minimum absolute atomic E-state index is 0.0187. The van der Waals surface area contributed by atoms with Gasteiger partial charge < -0.3 is 18.9 Å². The van der Waals surface area contributed by atoms with Gasteiger partial charge >= 0.3 is 17.9 Å². The monoisotopic (exact) mass is 464 g/mol. The zero-order valence-corrected chi connectivity index (χ0v) is 20.8. The minimum atomic E-state index is -0.410. The first-order valence-corrected chi connectivity index (χ1v) is 11.9. The fourth-order valence-corrected chi connectivity index (χ4v) is 3.83. The Morgan fingerprint density at radius 1 is 0.727 bits per heavy atom. The van der Waals surface area contributed by atoms with Crippen LogP contribution in [0.1, 0.15) is 91.0 Å². The van der Waals surface area contributed by atoms with Gasteiger partial charge in [-0.25, -0.2) is 0 Å². The van der Waals surface area contributed by atoms with Gasteiger partial charge in [-0.05, 0) is 56.2 Å². The lowest BCUT2D eigenvalue weighted by molar-refractivity contribution is -0.147. The molecule has 186 valence electrons. The molecule has 1 aromatic rings. The molecule has 0 heterocycles. The van der Waals surface area contributed by atoms with Gasteiger partial charge in [0.2, 0.25) is 0 Å². The molecule has 1 aromatic carbocycles. The Kier molecular flexibility index (Phi) is 13.9. The topological polar surface area (TPSA) is 88.1 Å². The molecule has 0 radical (unpaired) electrons. The van der Waals surface area contributed by atoms with E-state index in [4.69, 9.17) is 18.9 Å². The summed E-state index contributed by atoms with van der Waals surface area (Å²) in [5.41, 5.74) is 0.864. The smallest absolute Gasteiger partial charge is 0.308 e. The second-order valence-corrected chi connectivity index (χ2v) is 8.41. The molecule has 2 atom stereocenters. The van der Waals surface area contributed by atoms with Gasteiger partial charge in [-0.15, -0.1) is 0 Å². The predicted octanol–water partition coefficient (Wildman–Crippen LogP) is 5.56. The average molecular weight is 465 g/mol. The molecule has 0 spiro atoms. The highest BCUT2D eigenvalue weighted by Crippen LogP contribution is 2.25. The van der Waals surface area contributed by atoms with Crippen molar-refractivity contribution >= 4 is 17.9 Å². The highest BCUT2D eigenvalue weighted by atomic mass is 16.5. The zero-order chi connectivity index (χ0) is 24.6. The Morgan fingerprint density at radius 3 is 1.82 bits per heavy atom. The number of ether oxygens (including phenoxy) is 4. The summed E-state index contributed by atoms with van der Waals surface area (Å²) >= 11 is 0. The number of methoxy groups -OCH3 is 1. The van der Waals surface area contributed by atoms with Crippen LogP contribution in [0.2, 0.25) is 0 Å². The van der Waals surface area contributed by atoms with E-state index in [1.54, 1.807) is 19.2 Å². The minimum Gasteiger partial charge on any atom is -0.497 e. The van der Waals surface area contributed by atoms with E-state index < -0.39 is 5.97 Å². The summed E-state index contributed by atoms with van der Waals surface area (Å²) in [4.78, 5) is 34.3. The van der Waals surface area contributed by atoms with E-state index in [0.717, 1.165) is 56.9 Å². The van der Waals surface area contributed by atoms with Gasteiger partial charge in [0.15, 0.2) is 0 Å². The summed E-state index contributed by atoms with van der Waals surface area (Å²) in [6, 6.07) is 5.26. The van der Waals surface area contributed by atoms with Gasteiger partial charge in [-0.3, -0.25) is 14.4 Å². The molecule has 0 saturated heterocycles. The lowest BCUT2D eigenvalue weighted by Crippen LogP contribution is -2.19. The second kappa shape index (κ2) is 16.1. The molecule has 0 bridgehead atoms. The van der Waals surface area contributed by atoms with E-state index in [0.29, 0.717) is 24.3 Å². The first kappa shape index (κ1) is 28.5. The van der Waals surface area contributed by atoms with E-state index in [9.17, 15) is 14.4 Å². The SMILES string of the molecule is CCCCCC(CCCCCC(Cc1cc(OC)cc(OC(C)=O)c1)OC(C)=O)OC(C)=O. The number of unbranched alkanes of at least 4 members (excludes halogenated alkanes) is 4. The Hall–Kier alpha value is -2.57. The van der Waals surface area contributed by atoms with Crippen molar-refractivity contribution in [2.75, 3.05) is 7.11 Å². The van der Waals surface area contributed by atoms with E-state index in [2.05, 4.69) is 6.92 Å². The summed E-state index contributed by atoms with van der Waals surface area (Å²) < 4.78 is 21.5. The van der Waals surface area contributed by atoms with Crippen molar-refractivity contribution in [2.24, 2.45) is 0 Å². The molecule has 7 nitrogen and oxygen atoms in total. The maximum absolute atomic E-state index is 11.6. The molecule has 0 amide bonds. The van der Waals surface area contributed by atoms with Crippen LogP contribution < -0.4 is 9.47 Å². The number of benzene rings is 1. The fourth-order valence-electron chi connectivity index (χ4n) is 3.83. The molecule has 1 rings (SSSR count). The average Bonchev–Trinajstić information content (AvgIpc) is 2.71. The molecule has 33 heavy (non-hydrogen) atoms. The summed E-state index contributed by atoms with van der Waals surface area (Å²) in [5.74, 6) is 0.0159. The highest BCUT2D eigenvalue weighted by Gasteiger charge is 2.16. The highest BCUT2D eigenvalue weighted by molar-refractivity contribution is 5.69. The Bertz CT molecular complexity index is 744. The van der Waals surface area contributed by atoms with E-state index in [1.165, 1.54) is 20.8 Å². The van der Waals surface area contributed by atoms with E-state index >= 15 is 0 Å². The summed E-state index contributed by atoms with van der Waals surface area (Å²) in [6.45, 7) is 6.37. The third-order valence-corrected chi connectivity index (χ3v) is 5.25. The molecule has 0 N–H and O–H groups in total. The molecule has 0 aliphatic carbocycles. The fraction of sp³-hybridized carbons (Fsp3) is 0.654. The first-order valence-electron chi connectivity index (χ1n) is 11.9. The number of carbonyl (C=O) groups excluding carboxylic acids is 3. The molecule has 0 saturated carbocycles. The Balaban J connectivity index is 2.62. The molecule has 0 aliphatic heterocycles. The van der Waals surface area contributed by atoms with Crippen LogP contribution in [0.5, 0.6) is 11.5 Å². The van der Waals surface area contributed by atoms with Gasteiger partial charge in [0.05, 0.1) is 7.11 Å². The normalized spacial score (nSPS) is 12.5. The van der Waals surface area contributed by atoms with Crippen molar-refractivity contribution in [2.45, 2.75) is 104 Å². The second-order valence-electron chi connectivity index (χ2n) is 8.41. The van der Waals surface area contributed by atoms with Crippen molar-refractivity contribution < 1.29 is 33.3 Å². The molecule has 2 unspecified atom stereocenters. The maximum atomic E-state index is 11.6. The van der Waals surface area contributed by atoms with Crippen molar-refractivity contribution in [3.8, 4) is 11.5 Å². The van der Waals surface area contributed by atoms with Gasteiger partial charge in [0, 0.05) is 33.3 Å². The molecular weight excluding hydrogens is 424 g/mol. The molecule has 0 aliphatic rings. The Labute approximate surface area is 198 Å². The summed E-state index contributed by atoms with van der Waals surface area (Å²) in [6.07, 6.45) is 8.82. The molecule has 7 heteroatoms. The van der Waals surface area contributed by atoms with Crippen LogP contribution in [-0.4, -0.2) is 37.2 Å². The zero-order valence-electron chi connectivity index (χ0n) is 20.8. The van der Waals surface area contributed by atoms with E-state index in [-0.39, 0.29) is 24.1 Å². The number of carbonyl (C=O) groups is 3. The van der Waals surface area contributed by atoms with Gasteiger partial charge in [-0.1, -0.05) is 26.2 Å². The van der Waals surface area contributed by atoms with Crippen LogP contribution >= 0.6 is 0 Å². The quantitative estimate of drug-likeness (QED) is 0.180. The first-order chi connectivity index (χ1) is 15.7. The largest absolute Gasteiger partial charge is 0.497 e. The van der Waals surface area contributed by atoms with Crippen LogP contribution in [0.15, 0.2) is 18.2 Å². The lowest BCUT2D eigenvalue weighted by Gasteiger charge is -2.19. The third-order valence-electron chi connectivity index (χ3n) is 5.25. The van der Waals surface area contributed by atoms with Crippen LogP contribution in [0.3, 0.4) is 0 Å². The van der Waals surface area contributed by atoms with Gasteiger partial charge in [0.25, 0.3) is 0 Å². The number of hydrogen-bond acceptors (Lipinski definition) is 7. The van der Waals surface area contributed by atoms with E-state index in [1.807, 2.05) is 6.07 Å². The van der Waals surface area contributed by atoms with Gasteiger partial charge in [0.1, 0.15) is 23.7 Å². The number of rotatable bonds is 16. The van der Waals surface area contributed by atoms with Crippen LogP contribution in [-0.2, 0) is 30.3 Å². The van der Waals surface area contributed by atoms with Crippen LogP contribution in [0.25, 0.3) is 0 Å². The molecular formula is C26H40O7. The number of hydrogen-bond donors (Lipinski definition) is 0. The van der Waals surface area contributed by atoms with Crippen LogP contribution in [0, 0.1) is 0 Å².